The molecule has 1 aromatic carbocycles. The summed E-state index contributed by atoms with van der Waals surface area (Å²) >= 11 is 1.18. The van der Waals surface area contributed by atoms with Crippen molar-refractivity contribution in [2.45, 2.75) is 20.0 Å². The molecular formula is C19H20N3O5S+. The van der Waals surface area contributed by atoms with Crippen LogP contribution in [0.2, 0.25) is 0 Å². The van der Waals surface area contributed by atoms with Crippen LogP contribution in [0, 0.1) is 6.92 Å². The molecule has 1 aliphatic heterocycles. The Hall–Kier alpha value is -2.91. The minimum absolute atomic E-state index is 0.236. The molecule has 0 radical (unpaired) electrons. The van der Waals surface area contributed by atoms with Crippen LogP contribution in [0.5, 0.6) is 11.5 Å². The van der Waals surface area contributed by atoms with Gasteiger partial charge in [0.2, 0.25) is 6.79 Å². The van der Waals surface area contributed by atoms with Crippen molar-refractivity contribution >= 4 is 27.5 Å². The number of nitrogens with zero attached hydrogens (tertiary/aromatic N) is 1. The summed E-state index contributed by atoms with van der Waals surface area (Å²) in [6, 6.07) is 5.87. The number of thiophene rings is 1. The Morgan fingerprint density at radius 1 is 1.32 bits per heavy atom. The third-order valence-corrected chi connectivity index (χ3v) is 5.80. The molecule has 0 saturated heterocycles. The van der Waals surface area contributed by atoms with Crippen molar-refractivity contribution in [2.24, 2.45) is 0 Å². The number of nitrogens with one attached hydrogen (secondary N) is 2. The van der Waals surface area contributed by atoms with Crippen molar-refractivity contribution in [3.05, 3.63) is 50.4 Å². The molecule has 4 rings (SSSR count). The minimum atomic E-state index is -0.452. The van der Waals surface area contributed by atoms with Gasteiger partial charge in [0.05, 0.1) is 19.5 Å². The Balaban J connectivity index is 1.55. The fourth-order valence-electron chi connectivity index (χ4n) is 3.31. The molecule has 9 heteroatoms. The molecule has 146 valence electrons. The normalized spacial score (nSPS) is 13.7. The average Bonchev–Trinajstić information content (AvgIpc) is 3.25. The third kappa shape index (κ3) is 3.34. The van der Waals surface area contributed by atoms with E-state index in [0.717, 1.165) is 28.5 Å². The second-order valence-electron chi connectivity index (χ2n) is 6.74. The van der Waals surface area contributed by atoms with Crippen molar-refractivity contribution in [3.63, 3.8) is 0 Å². The number of carbonyl (C=O) groups is 1. The highest BCUT2D eigenvalue weighted by Crippen LogP contribution is 2.32. The number of aromatic nitrogens is 2. The number of fused-ring (bicyclic) bond motifs is 2. The Morgan fingerprint density at radius 3 is 2.89 bits per heavy atom. The van der Waals surface area contributed by atoms with E-state index in [-0.39, 0.29) is 12.4 Å². The number of esters is 1. The number of hydrogen-bond acceptors (Lipinski definition) is 7. The van der Waals surface area contributed by atoms with E-state index >= 15 is 0 Å². The molecule has 2 aromatic heterocycles. The Bertz CT molecular complexity index is 1120. The summed E-state index contributed by atoms with van der Waals surface area (Å²) in [7, 11) is 3.35. The number of aryl methyl sites for hydroxylation is 1. The summed E-state index contributed by atoms with van der Waals surface area (Å²) < 4.78 is 15.5. The van der Waals surface area contributed by atoms with Crippen LogP contribution in [0.4, 0.5) is 0 Å². The van der Waals surface area contributed by atoms with Crippen LogP contribution in [0.25, 0.3) is 10.2 Å². The van der Waals surface area contributed by atoms with Gasteiger partial charge < -0.3 is 24.1 Å². The first-order valence-corrected chi connectivity index (χ1v) is 9.58. The van der Waals surface area contributed by atoms with Crippen LogP contribution >= 0.6 is 11.3 Å². The highest BCUT2D eigenvalue weighted by atomic mass is 32.1. The van der Waals surface area contributed by atoms with Crippen molar-refractivity contribution in [1.29, 1.82) is 0 Å². The molecule has 2 N–H and O–H groups in total. The zero-order chi connectivity index (χ0) is 19.8. The van der Waals surface area contributed by atoms with Crippen LogP contribution < -0.4 is 19.9 Å². The number of methoxy groups -OCH3 is 1. The quantitative estimate of drug-likeness (QED) is 0.619. The lowest BCUT2D eigenvalue weighted by Crippen LogP contribution is -3.06. The maximum Gasteiger partial charge on any atom is 0.348 e. The van der Waals surface area contributed by atoms with E-state index in [2.05, 4.69) is 9.97 Å². The summed E-state index contributed by atoms with van der Waals surface area (Å²) in [5, 5.41) is 0.447. The Kier molecular flexibility index (Phi) is 4.78. The van der Waals surface area contributed by atoms with E-state index in [1.807, 2.05) is 25.2 Å². The van der Waals surface area contributed by atoms with Gasteiger partial charge in [-0.15, -0.1) is 11.3 Å². The predicted molar refractivity (Wildman–Crippen MR) is 103 cm³/mol. The van der Waals surface area contributed by atoms with Crippen LogP contribution in [0.15, 0.2) is 23.0 Å². The van der Waals surface area contributed by atoms with Gasteiger partial charge in [0.25, 0.3) is 5.56 Å². The number of benzene rings is 1. The average molecular weight is 402 g/mol. The molecule has 0 aliphatic carbocycles. The minimum Gasteiger partial charge on any atom is -0.465 e. The lowest BCUT2D eigenvalue weighted by molar-refractivity contribution is -0.908. The molecule has 3 aromatic rings. The first kappa shape index (κ1) is 18.5. The SMILES string of the molecule is COC(=O)c1sc2nc(C[NH+](C)Cc3ccc4c(c3)OCO4)[nH]c(=O)c2c1C. The number of H-pyrrole nitrogens is 1. The van der Waals surface area contributed by atoms with E-state index < -0.39 is 5.97 Å². The van der Waals surface area contributed by atoms with Crippen LogP contribution in [0.3, 0.4) is 0 Å². The molecule has 8 nitrogen and oxygen atoms in total. The fourth-order valence-corrected chi connectivity index (χ4v) is 4.43. The maximum absolute atomic E-state index is 12.5. The second-order valence-corrected chi connectivity index (χ2v) is 7.74. The summed E-state index contributed by atoms with van der Waals surface area (Å²) in [6.45, 7) is 3.25. The van der Waals surface area contributed by atoms with Gasteiger partial charge in [-0.05, 0) is 30.7 Å². The van der Waals surface area contributed by atoms with Gasteiger partial charge in [-0.1, -0.05) is 0 Å². The second kappa shape index (κ2) is 7.25. The zero-order valence-corrected chi connectivity index (χ0v) is 16.6. The molecule has 3 heterocycles. The number of quaternary nitrogens is 1. The topological polar surface area (TPSA) is 94.9 Å². The summed E-state index contributed by atoms with van der Waals surface area (Å²) in [4.78, 5) is 33.9. The predicted octanol–water partition coefficient (Wildman–Crippen LogP) is 1.02. The highest BCUT2D eigenvalue weighted by molar-refractivity contribution is 7.20. The Morgan fingerprint density at radius 2 is 2.11 bits per heavy atom. The number of ether oxygens (including phenoxy) is 3. The molecule has 1 aliphatic rings. The first-order valence-electron chi connectivity index (χ1n) is 8.76. The third-order valence-electron chi connectivity index (χ3n) is 4.63. The standard InChI is InChI=1S/C19H19N3O5S/c1-10-15-17(23)20-14(21-18(15)28-16(10)19(24)25-3)8-22(2)7-11-4-5-12-13(6-11)27-9-26-12/h4-6H,7-9H2,1-3H3,(H,20,21,23)/p+1. The molecule has 0 fully saturated rings. The summed E-state index contributed by atoms with van der Waals surface area (Å²) in [5.41, 5.74) is 1.47. The largest absolute Gasteiger partial charge is 0.465 e. The van der Waals surface area contributed by atoms with E-state index in [0.29, 0.717) is 33.0 Å². The maximum atomic E-state index is 12.5. The van der Waals surface area contributed by atoms with Gasteiger partial charge >= 0.3 is 5.97 Å². The van der Waals surface area contributed by atoms with Crippen LogP contribution in [-0.2, 0) is 17.8 Å². The number of carbonyl (C=O) groups excluding carboxylic acids is 1. The number of hydrogen-bond donors (Lipinski definition) is 2. The molecule has 0 amide bonds. The van der Waals surface area contributed by atoms with E-state index in [4.69, 9.17) is 14.2 Å². The van der Waals surface area contributed by atoms with E-state index in [1.54, 1.807) is 6.92 Å². The monoisotopic (exact) mass is 402 g/mol. The van der Waals surface area contributed by atoms with Gasteiger partial charge in [0.15, 0.2) is 17.3 Å². The van der Waals surface area contributed by atoms with Crippen molar-refractivity contribution in [3.8, 4) is 11.5 Å². The lowest BCUT2D eigenvalue weighted by Gasteiger charge is -2.13. The summed E-state index contributed by atoms with van der Waals surface area (Å²) in [6.07, 6.45) is 0. The summed E-state index contributed by atoms with van der Waals surface area (Å²) in [5.74, 6) is 1.63. The van der Waals surface area contributed by atoms with Crippen LogP contribution in [0.1, 0.15) is 26.6 Å². The molecule has 0 spiro atoms. The smallest absolute Gasteiger partial charge is 0.348 e. The number of aromatic amines is 1. The number of rotatable bonds is 5. The van der Waals surface area contributed by atoms with E-state index in [1.165, 1.54) is 18.4 Å². The molecule has 1 unspecified atom stereocenters. The molecule has 0 saturated carbocycles. The molecular weight excluding hydrogens is 382 g/mol. The Labute approximate surface area is 164 Å². The molecule has 0 bridgehead atoms. The van der Waals surface area contributed by atoms with E-state index in [9.17, 15) is 9.59 Å². The van der Waals surface area contributed by atoms with Gasteiger partial charge in [0, 0.05) is 5.56 Å². The lowest BCUT2D eigenvalue weighted by atomic mass is 10.2. The van der Waals surface area contributed by atoms with Gasteiger partial charge in [-0.3, -0.25) is 4.79 Å². The van der Waals surface area contributed by atoms with Crippen LogP contribution in [-0.4, -0.2) is 36.9 Å². The highest BCUT2D eigenvalue weighted by Gasteiger charge is 2.21. The molecule has 1 atom stereocenters. The van der Waals surface area contributed by atoms with Crippen molar-refractivity contribution < 1.29 is 23.9 Å². The fraction of sp³-hybridized carbons (Fsp3) is 0.316. The van der Waals surface area contributed by atoms with Gasteiger partial charge in [-0.2, -0.15) is 0 Å². The van der Waals surface area contributed by atoms with Gasteiger partial charge in [0.1, 0.15) is 22.8 Å². The van der Waals surface area contributed by atoms with Gasteiger partial charge in [-0.25, -0.2) is 9.78 Å². The van der Waals surface area contributed by atoms with Crippen molar-refractivity contribution in [1.82, 2.24) is 9.97 Å². The van der Waals surface area contributed by atoms with Crippen molar-refractivity contribution in [2.75, 3.05) is 21.0 Å². The first-order chi connectivity index (χ1) is 13.5. The zero-order valence-electron chi connectivity index (χ0n) is 15.8. The molecule has 28 heavy (non-hydrogen) atoms.